The standard InChI is InChI=1S/C5H4BrF3O2/c1-2(5(7,8)9)3(6)4(10)11/h1H3,(H,10,11). The van der Waals surface area contributed by atoms with Crippen LogP contribution >= 0.6 is 15.9 Å². The Bertz CT molecular complexity index is 206. The summed E-state index contributed by atoms with van der Waals surface area (Å²) in [5, 5.41) is 8.11. The zero-order valence-corrected chi connectivity index (χ0v) is 6.95. The van der Waals surface area contributed by atoms with Crippen LogP contribution in [0.3, 0.4) is 0 Å². The molecule has 0 fully saturated rings. The second kappa shape index (κ2) is 3.25. The number of hydrogen-bond acceptors (Lipinski definition) is 1. The Morgan fingerprint density at radius 1 is 1.45 bits per heavy atom. The number of hydrogen-bond donors (Lipinski definition) is 1. The molecule has 2 nitrogen and oxygen atoms in total. The Balaban J connectivity index is 4.82. The van der Waals surface area contributed by atoms with Gasteiger partial charge in [-0.05, 0) is 22.9 Å². The zero-order chi connectivity index (χ0) is 9.23. The molecule has 6 heteroatoms. The van der Waals surface area contributed by atoms with E-state index in [1.807, 2.05) is 0 Å². The van der Waals surface area contributed by atoms with E-state index in [1.54, 1.807) is 0 Å². The average Bonchev–Trinajstić information content (AvgIpc) is 1.82. The van der Waals surface area contributed by atoms with Crippen LogP contribution in [0.1, 0.15) is 6.92 Å². The summed E-state index contributed by atoms with van der Waals surface area (Å²) in [5.74, 6) is -1.63. The van der Waals surface area contributed by atoms with Gasteiger partial charge in [0.15, 0.2) is 0 Å². The van der Waals surface area contributed by atoms with Crippen molar-refractivity contribution >= 4 is 21.9 Å². The Morgan fingerprint density at radius 2 is 1.82 bits per heavy atom. The Morgan fingerprint density at radius 3 is 1.91 bits per heavy atom. The van der Waals surface area contributed by atoms with E-state index >= 15 is 0 Å². The molecule has 0 aliphatic rings. The molecule has 0 unspecified atom stereocenters. The van der Waals surface area contributed by atoms with Crippen LogP contribution in [0.4, 0.5) is 13.2 Å². The van der Waals surface area contributed by atoms with Crippen molar-refractivity contribution in [3.63, 3.8) is 0 Å². The largest absolute Gasteiger partial charge is 0.477 e. The van der Waals surface area contributed by atoms with Gasteiger partial charge < -0.3 is 5.11 Å². The number of halogens is 4. The van der Waals surface area contributed by atoms with E-state index in [1.165, 1.54) is 0 Å². The van der Waals surface area contributed by atoms with E-state index in [-0.39, 0.29) is 0 Å². The highest BCUT2D eigenvalue weighted by Gasteiger charge is 2.33. The van der Waals surface area contributed by atoms with Crippen molar-refractivity contribution in [2.24, 2.45) is 0 Å². The predicted molar refractivity (Wildman–Crippen MR) is 35.3 cm³/mol. The van der Waals surface area contributed by atoms with Crippen molar-refractivity contribution in [2.75, 3.05) is 0 Å². The van der Waals surface area contributed by atoms with Gasteiger partial charge in [0, 0.05) is 0 Å². The second-order valence-corrected chi connectivity index (χ2v) is 2.53. The first-order chi connectivity index (χ1) is 4.76. The second-order valence-electron chi connectivity index (χ2n) is 1.74. The third-order valence-electron chi connectivity index (χ3n) is 0.942. The fourth-order valence-corrected chi connectivity index (χ4v) is 0.510. The van der Waals surface area contributed by atoms with Crippen molar-refractivity contribution in [1.82, 2.24) is 0 Å². The lowest BCUT2D eigenvalue weighted by Gasteiger charge is -2.06. The van der Waals surface area contributed by atoms with Crippen LogP contribution in [0.5, 0.6) is 0 Å². The van der Waals surface area contributed by atoms with Gasteiger partial charge in [-0.3, -0.25) is 0 Å². The Hall–Kier alpha value is -0.520. The van der Waals surface area contributed by atoms with Gasteiger partial charge in [0.05, 0.1) is 5.57 Å². The fourth-order valence-electron chi connectivity index (χ4n) is 0.285. The molecule has 0 aliphatic carbocycles. The highest BCUT2D eigenvalue weighted by Crippen LogP contribution is 2.29. The maximum absolute atomic E-state index is 11.7. The summed E-state index contributed by atoms with van der Waals surface area (Å²) in [4.78, 5) is 9.98. The van der Waals surface area contributed by atoms with Crippen LogP contribution in [0, 0.1) is 0 Å². The molecule has 0 heterocycles. The SMILES string of the molecule is CC(=C(Br)C(=O)O)C(F)(F)F. The van der Waals surface area contributed by atoms with E-state index in [9.17, 15) is 18.0 Å². The van der Waals surface area contributed by atoms with Crippen molar-refractivity contribution < 1.29 is 23.1 Å². The van der Waals surface area contributed by atoms with E-state index in [2.05, 4.69) is 15.9 Å². The molecule has 0 aliphatic heterocycles. The summed E-state index contributed by atoms with van der Waals surface area (Å²) in [7, 11) is 0. The molecule has 64 valence electrons. The lowest BCUT2D eigenvalue weighted by molar-refractivity contribution is -0.133. The van der Waals surface area contributed by atoms with Gasteiger partial charge in [-0.1, -0.05) is 0 Å². The average molecular weight is 233 g/mol. The van der Waals surface area contributed by atoms with Gasteiger partial charge in [-0.2, -0.15) is 13.2 Å². The molecule has 0 spiro atoms. The highest BCUT2D eigenvalue weighted by atomic mass is 79.9. The van der Waals surface area contributed by atoms with E-state index < -0.39 is 22.2 Å². The van der Waals surface area contributed by atoms with Gasteiger partial charge in [-0.15, -0.1) is 0 Å². The molecule has 0 radical (unpaired) electrons. The number of rotatable bonds is 1. The minimum Gasteiger partial charge on any atom is -0.477 e. The molecule has 1 N–H and O–H groups in total. The molecule has 0 rings (SSSR count). The van der Waals surface area contributed by atoms with E-state index in [0.29, 0.717) is 6.92 Å². The van der Waals surface area contributed by atoms with Gasteiger partial charge in [0.25, 0.3) is 0 Å². The smallest absolute Gasteiger partial charge is 0.413 e. The minimum absolute atomic E-state index is 0.693. The van der Waals surface area contributed by atoms with Gasteiger partial charge in [0.2, 0.25) is 0 Å². The van der Waals surface area contributed by atoms with Crippen molar-refractivity contribution in [3.05, 3.63) is 10.1 Å². The number of carbonyl (C=O) groups is 1. The van der Waals surface area contributed by atoms with Crippen LogP contribution < -0.4 is 0 Å². The molecule has 0 saturated carbocycles. The number of carboxylic acids is 1. The topological polar surface area (TPSA) is 37.3 Å². The van der Waals surface area contributed by atoms with Crippen LogP contribution in [-0.4, -0.2) is 17.3 Å². The molecule has 0 aromatic carbocycles. The van der Waals surface area contributed by atoms with Crippen molar-refractivity contribution in [2.45, 2.75) is 13.1 Å². The maximum Gasteiger partial charge on any atom is 0.413 e. The number of alkyl halides is 3. The first-order valence-electron chi connectivity index (χ1n) is 2.43. The maximum atomic E-state index is 11.7. The molecule has 0 bridgehead atoms. The predicted octanol–water partition coefficient (Wildman–Crippen LogP) is 2.30. The summed E-state index contributed by atoms with van der Waals surface area (Å²) in [6, 6.07) is 0. The molecule has 0 amide bonds. The Kier molecular flexibility index (Phi) is 3.10. The van der Waals surface area contributed by atoms with Crippen molar-refractivity contribution in [1.29, 1.82) is 0 Å². The van der Waals surface area contributed by atoms with Gasteiger partial charge in [0.1, 0.15) is 4.48 Å². The number of aliphatic carboxylic acids is 1. The van der Waals surface area contributed by atoms with E-state index in [4.69, 9.17) is 5.11 Å². The molecule has 0 saturated heterocycles. The molecular weight excluding hydrogens is 229 g/mol. The third kappa shape index (κ3) is 2.92. The number of allylic oxidation sites excluding steroid dienone is 1. The quantitative estimate of drug-likeness (QED) is 0.705. The summed E-state index contributed by atoms with van der Waals surface area (Å²) in [6.07, 6.45) is -4.59. The summed E-state index contributed by atoms with van der Waals surface area (Å²) < 4.78 is 34.3. The van der Waals surface area contributed by atoms with Crippen LogP contribution in [0.25, 0.3) is 0 Å². The lowest BCUT2D eigenvalue weighted by atomic mass is 10.3. The fraction of sp³-hybridized carbons (Fsp3) is 0.400. The summed E-state index contributed by atoms with van der Waals surface area (Å²) in [5.41, 5.74) is -1.15. The Labute approximate surface area is 68.8 Å². The summed E-state index contributed by atoms with van der Waals surface area (Å²) in [6.45, 7) is 0.693. The molecule has 11 heavy (non-hydrogen) atoms. The normalized spacial score (nSPS) is 14.3. The first kappa shape index (κ1) is 10.5. The van der Waals surface area contributed by atoms with Crippen LogP contribution in [0.2, 0.25) is 0 Å². The molecular formula is C5H4BrF3O2. The van der Waals surface area contributed by atoms with Crippen molar-refractivity contribution in [3.8, 4) is 0 Å². The minimum atomic E-state index is -4.59. The zero-order valence-electron chi connectivity index (χ0n) is 5.37. The molecule has 0 aromatic rings. The van der Waals surface area contributed by atoms with Crippen LogP contribution in [0.15, 0.2) is 10.1 Å². The monoisotopic (exact) mass is 232 g/mol. The van der Waals surface area contributed by atoms with Crippen LogP contribution in [-0.2, 0) is 4.79 Å². The lowest BCUT2D eigenvalue weighted by Crippen LogP contribution is -2.13. The highest BCUT2D eigenvalue weighted by molar-refractivity contribution is 9.12. The van der Waals surface area contributed by atoms with Gasteiger partial charge in [-0.25, -0.2) is 4.79 Å². The first-order valence-corrected chi connectivity index (χ1v) is 3.23. The third-order valence-corrected chi connectivity index (χ3v) is 1.88. The van der Waals surface area contributed by atoms with Gasteiger partial charge >= 0.3 is 12.1 Å². The molecule has 0 aromatic heterocycles. The molecule has 0 atom stereocenters. The van der Waals surface area contributed by atoms with E-state index in [0.717, 1.165) is 0 Å². The number of carboxylic acid groups (broad SMARTS) is 1. The summed E-state index contributed by atoms with van der Waals surface area (Å²) >= 11 is 2.30.